The van der Waals surface area contributed by atoms with Gasteiger partial charge in [0.05, 0.1) is 87.5 Å². The fourth-order valence-electron chi connectivity index (χ4n) is 17.8. The van der Waals surface area contributed by atoms with Gasteiger partial charge in [0.25, 0.3) is 22.9 Å². The summed E-state index contributed by atoms with van der Waals surface area (Å²) in [4.78, 5) is 141. The molecule has 672 valence electrons. The lowest BCUT2D eigenvalue weighted by Crippen LogP contribution is -2.68. The number of nitrogens with zero attached hydrogens (tertiary/aromatic N) is 6. The molecule has 5 aliphatic carbocycles. The maximum Gasteiger partial charge on any atom is 0.332 e. The maximum atomic E-state index is 14.6. The predicted octanol–water partition coefficient (Wildman–Crippen LogP) is -5.00. The number of aliphatic hydroxyl groups is 10. The van der Waals surface area contributed by atoms with E-state index in [1.807, 2.05) is 9.97 Å². The number of aliphatic carboxylic acids is 2. The first kappa shape index (κ1) is 92.1. The third-order valence-corrected chi connectivity index (χ3v) is 24.2. The summed E-state index contributed by atoms with van der Waals surface area (Å²) in [5, 5.41) is 157. The molecule has 19 N–H and O–H groups in total. The Kier molecular flexibility index (Phi) is 32.0. The van der Waals surface area contributed by atoms with E-state index in [2.05, 4.69) is 46.5 Å². The Balaban J connectivity index is 0.742. The van der Waals surface area contributed by atoms with Gasteiger partial charge in [-0.2, -0.15) is 0 Å². The van der Waals surface area contributed by atoms with Crippen LogP contribution in [0.4, 0.5) is 0 Å². The van der Waals surface area contributed by atoms with Gasteiger partial charge in [0.15, 0.2) is 36.9 Å². The molecule has 28 atom stereocenters. The number of carboxylic acids is 2. The molecule has 0 unspecified atom stereocenters. The van der Waals surface area contributed by atoms with E-state index in [0.717, 1.165) is 55.3 Å². The number of aromatic amines is 4. The van der Waals surface area contributed by atoms with Gasteiger partial charge in [0.1, 0.15) is 115 Å². The number of hydrogen-bond donors (Lipinski definition) is 19. The summed E-state index contributed by atoms with van der Waals surface area (Å²) in [6.07, 6.45) is -24.3. The molecular formula is C76H111N13O32. The third kappa shape index (κ3) is 23.5. The molecule has 4 aromatic heterocycles. The Labute approximate surface area is 689 Å². The standard InChI is InChI=1S/C76H111N13O32/c1-33-19-47(58(98)61(101)56(33)96)114-65-41(77-68(104)43-23-52(93)82-75(110)79-43)15-9-17-45(65)118-73-55(67(60(100)51(30-91)120-73)116-49(71(108)109)21-36-13-7-4-8-14-36)81-54(95)28-89-26-38(85-87-89)32-112-31-37-25-88(86-84-37)27-39(92)22-40-64(115-48(70(106)107)20-35-11-5-3-6-12-35)59(99)50(29-90)119-72(40)117-46-18-10-16-42(78-69(105)44-24-53(94)83-76(111)80-44)66(46)121-74-63(103)62(102)57(97)34(2)113-74/h23-26,33-36,40-42,45-51,55-67,72-74,90-91,96-103H,3-22,27-32H2,1-2H3,(H,77,104)(H,78,105)(H,81,95)(H,106,107)(H,108,109)(H2,79,82,93,110)(H2,80,83,94,111)/t33-,34+,40-,41+,42+,45-,46-,47-,48+,49+,50-,51-,55-,56-,57-,58-,59+,60+,61-,62-,63+,64-,65-,66-,67-,72-,73-,74+/m1/s1. The average molecular weight is 1720 g/mol. The van der Waals surface area contributed by atoms with E-state index in [9.17, 15) is 109 Å². The van der Waals surface area contributed by atoms with Crippen LogP contribution in [0.2, 0.25) is 0 Å². The van der Waals surface area contributed by atoms with Crippen LogP contribution in [0, 0.1) is 23.7 Å². The largest absolute Gasteiger partial charge is 0.479 e. The van der Waals surface area contributed by atoms with Crippen molar-refractivity contribution >= 4 is 35.4 Å². The summed E-state index contributed by atoms with van der Waals surface area (Å²) in [5.74, 6) is -8.29. The highest BCUT2D eigenvalue weighted by atomic mass is 16.7. The Hall–Kier alpha value is -8.14. The second kappa shape index (κ2) is 42.0. The minimum Gasteiger partial charge on any atom is -0.479 e. The molecule has 45 heteroatoms. The highest BCUT2D eigenvalue weighted by Gasteiger charge is 2.55. The lowest BCUT2D eigenvalue weighted by Gasteiger charge is -2.48. The third-order valence-electron chi connectivity index (χ3n) is 24.2. The molecule has 121 heavy (non-hydrogen) atoms. The lowest BCUT2D eigenvalue weighted by molar-refractivity contribution is -0.340. The number of ketones is 1. The molecule has 0 bridgehead atoms. The number of rotatable bonds is 35. The van der Waals surface area contributed by atoms with Crippen LogP contribution in [0.15, 0.2) is 43.7 Å². The first-order valence-corrected chi connectivity index (χ1v) is 41.4. The number of carboxylic acid groups (broad SMARTS) is 2. The number of Topliss-reactive ketones (excluding diaryl/α,β-unsaturated/α-hetero) is 1. The summed E-state index contributed by atoms with van der Waals surface area (Å²) in [5.41, 5.74) is -4.27. The molecule has 3 saturated heterocycles. The number of ether oxygens (including phenoxy) is 10. The lowest BCUT2D eigenvalue weighted by atomic mass is 9.81. The predicted molar refractivity (Wildman–Crippen MR) is 405 cm³/mol. The van der Waals surface area contributed by atoms with Crippen LogP contribution < -0.4 is 38.4 Å². The molecule has 45 nitrogen and oxygen atoms in total. The van der Waals surface area contributed by atoms with Crippen LogP contribution in [0.1, 0.15) is 175 Å². The second-order valence-electron chi connectivity index (χ2n) is 33.1. The fraction of sp³-hybridized carbons (Fsp3) is 0.763. The molecule has 4 aromatic rings. The van der Waals surface area contributed by atoms with Gasteiger partial charge in [-0.05, 0) is 82.5 Å². The van der Waals surface area contributed by atoms with Crippen LogP contribution >= 0.6 is 0 Å². The van der Waals surface area contributed by atoms with Gasteiger partial charge in [0, 0.05) is 24.5 Å². The summed E-state index contributed by atoms with van der Waals surface area (Å²) >= 11 is 0. The molecule has 3 amide bonds. The number of H-pyrrole nitrogens is 4. The van der Waals surface area contributed by atoms with E-state index in [0.29, 0.717) is 25.7 Å². The number of hydrogen-bond acceptors (Lipinski definition) is 34. The zero-order valence-corrected chi connectivity index (χ0v) is 66.7. The van der Waals surface area contributed by atoms with Gasteiger partial charge in [-0.15, -0.1) is 10.2 Å². The van der Waals surface area contributed by atoms with Crippen molar-refractivity contribution in [3.05, 3.63) is 89.0 Å². The molecular weight excluding hydrogens is 1610 g/mol. The van der Waals surface area contributed by atoms with Gasteiger partial charge in [-0.3, -0.25) is 38.7 Å². The van der Waals surface area contributed by atoms with Crippen LogP contribution in [0.25, 0.3) is 0 Å². The van der Waals surface area contributed by atoms with Crippen molar-refractivity contribution in [2.75, 3.05) is 13.2 Å². The van der Waals surface area contributed by atoms with E-state index < -0.39 is 273 Å². The number of carbonyl (C=O) groups is 6. The molecule has 5 saturated carbocycles. The zero-order valence-electron chi connectivity index (χ0n) is 66.7. The van der Waals surface area contributed by atoms with Crippen LogP contribution in [-0.4, -0.2) is 319 Å². The summed E-state index contributed by atoms with van der Waals surface area (Å²) in [6.45, 7) is -0.369. The molecule has 8 fully saturated rings. The SMILES string of the molecule is C[C@@H]1C[C@@H](O[C@@H]2[C@@H](NC(=O)c3cc(=O)[nH]c(=O)[nH]3)CCC[C@H]2O[C@@H]2O[C@H](CO)[C@H](O)[C@H](O[C@@H](CC3CCCCC3)C(=O)O)[C@H]2NC(=O)Cn2cc(COCc3cn(CC(=O)C[C@H]4[C@H](O[C@@H]5CCC[C@H](NC(=O)c6cc(=O)[nH]c(=O)[nH]6)[C@H]5O[C@@H]5O[C@@H](C)[C@@H](O)[C@@H](O)[C@@H]5O)O[C@H](CO)[C@H](O)[C@@H]4O[C@@H](CC4CCCCC4)C(=O)O)nn3)nn2)[C@@H](O)[C@H](O)[C@@H]1O. The maximum absolute atomic E-state index is 14.6. The molecule has 0 spiro atoms. The zero-order chi connectivity index (χ0) is 86.6. The van der Waals surface area contributed by atoms with Crippen LogP contribution in [0.3, 0.4) is 0 Å². The normalized spacial score (nSPS) is 34.4. The van der Waals surface area contributed by atoms with Gasteiger partial charge in [-0.1, -0.05) is 81.6 Å². The molecule has 8 aliphatic rings. The number of aliphatic hydroxyl groups excluding tert-OH is 10. The minimum atomic E-state index is -1.88. The van der Waals surface area contributed by atoms with Crippen molar-refractivity contribution in [2.45, 2.75) is 328 Å². The summed E-state index contributed by atoms with van der Waals surface area (Å²) in [7, 11) is 0. The van der Waals surface area contributed by atoms with E-state index in [1.54, 1.807) is 6.92 Å². The fourth-order valence-corrected chi connectivity index (χ4v) is 17.8. The van der Waals surface area contributed by atoms with Crippen molar-refractivity contribution in [2.24, 2.45) is 23.7 Å². The number of aromatic nitrogens is 10. The highest BCUT2D eigenvalue weighted by molar-refractivity contribution is 5.93. The van der Waals surface area contributed by atoms with Crippen molar-refractivity contribution in [1.29, 1.82) is 0 Å². The van der Waals surface area contributed by atoms with Crippen LogP contribution in [0.5, 0.6) is 0 Å². The monoisotopic (exact) mass is 1720 g/mol. The first-order valence-electron chi connectivity index (χ1n) is 41.4. The second-order valence-corrected chi connectivity index (χ2v) is 33.1. The topological polar surface area (TPSA) is 666 Å². The van der Waals surface area contributed by atoms with E-state index in [-0.39, 0.29) is 94.2 Å². The molecule has 12 rings (SSSR count). The van der Waals surface area contributed by atoms with E-state index in [4.69, 9.17) is 47.4 Å². The first-order chi connectivity index (χ1) is 57.9. The van der Waals surface area contributed by atoms with Gasteiger partial charge in [-0.25, -0.2) is 28.5 Å². The Bertz CT molecular complexity index is 4040. The van der Waals surface area contributed by atoms with Crippen molar-refractivity contribution in [1.82, 2.24) is 65.9 Å². The van der Waals surface area contributed by atoms with Gasteiger partial charge in [0.2, 0.25) is 5.91 Å². The number of nitrogens with one attached hydrogen (secondary N) is 7. The highest BCUT2D eigenvalue weighted by Crippen LogP contribution is 2.41. The van der Waals surface area contributed by atoms with E-state index in [1.165, 1.54) is 24.0 Å². The molecule has 0 radical (unpaired) electrons. The van der Waals surface area contributed by atoms with E-state index >= 15 is 0 Å². The van der Waals surface area contributed by atoms with Crippen molar-refractivity contribution in [3.63, 3.8) is 0 Å². The quantitative estimate of drug-likeness (QED) is 0.0205. The Morgan fingerprint density at radius 3 is 1.51 bits per heavy atom. The van der Waals surface area contributed by atoms with Gasteiger partial charge >= 0.3 is 23.3 Å². The average Bonchev–Trinajstić information content (AvgIpc) is 1.69. The van der Waals surface area contributed by atoms with Crippen molar-refractivity contribution in [3.8, 4) is 0 Å². The Morgan fingerprint density at radius 2 is 0.992 bits per heavy atom. The smallest absolute Gasteiger partial charge is 0.332 e. The molecule has 7 heterocycles. The summed E-state index contributed by atoms with van der Waals surface area (Å²) < 4.78 is 65.8. The number of amides is 3. The molecule has 0 aromatic carbocycles. The number of carbonyl (C=O) groups excluding carboxylic acids is 4. The summed E-state index contributed by atoms with van der Waals surface area (Å²) in [6, 6.07) is -2.10. The van der Waals surface area contributed by atoms with Gasteiger partial charge < -0.3 is 135 Å². The Morgan fingerprint density at radius 1 is 0.504 bits per heavy atom. The molecule has 3 aliphatic heterocycles. The minimum absolute atomic E-state index is 0.0117. The van der Waals surface area contributed by atoms with Crippen LogP contribution in [-0.2, 0) is 92.9 Å². The van der Waals surface area contributed by atoms with Crippen molar-refractivity contribution < 1.29 is 137 Å².